The molecule has 0 radical (unpaired) electrons. The third-order valence-electron chi connectivity index (χ3n) is 3.37. The number of benzene rings is 1. The summed E-state index contributed by atoms with van der Waals surface area (Å²) in [6, 6.07) is 8.51. The zero-order chi connectivity index (χ0) is 14.4. The number of aromatic nitrogens is 3. The molecule has 1 heterocycles. The van der Waals surface area contributed by atoms with Crippen LogP contribution >= 0.6 is 15.9 Å². The average molecular weight is 337 g/mol. The van der Waals surface area contributed by atoms with Crippen LogP contribution in [0.15, 0.2) is 35.1 Å². The minimum atomic E-state index is 0.405. The minimum absolute atomic E-state index is 0.405. The van der Waals surface area contributed by atoms with Gasteiger partial charge >= 0.3 is 0 Å². The molecule has 2 rings (SSSR count). The van der Waals surface area contributed by atoms with Crippen LogP contribution in [0, 0.1) is 0 Å². The van der Waals surface area contributed by atoms with Crippen molar-refractivity contribution >= 4 is 15.9 Å². The van der Waals surface area contributed by atoms with Gasteiger partial charge in [0, 0.05) is 30.4 Å². The third kappa shape index (κ3) is 4.15. The molecule has 1 atom stereocenters. The third-order valence-corrected chi connectivity index (χ3v) is 3.86. The molecule has 1 aromatic heterocycles. The van der Waals surface area contributed by atoms with E-state index in [2.05, 4.69) is 62.5 Å². The van der Waals surface area contributed by atoms with Crippen molar-refractivity contribution in [3.63, 3.8) is 0 Å². The van der Waals surface area contributed by atoms with Gasteiger partial charge in [0.05, 0.1) is 0 Å². The summed E-state index contributed by atoms with van der Waals surface area (Å²) in [6.07, 6.45) is 3.66. The van der Waals surface area contributed by atoms with E-state index in [0.717, 1.165) is 36.2 Å². The monoisotopic (exact) mass is 336 g/mol. The topological polar surface area (TPSA) is 42.7 Å². The highest BCUT2D eigenvalue weighted by Crippen LogP contribution is 2.22. The molecule has 1 aromatic carbocycles. The van der Waals surface area contributed by atoms with Crippen molar-refractivity contribution in [2.75, 3.05) is 13.1 Å². The minimum Gasteiger partial charge on any atom is -0.316 e. The summed E-state index contributed by atoms with van der Waals surface area (Å²) in [5.41, 5.74) is 1.32. The van der Waals surface area contributed by atoms with Gasteiger partial charge in [0.15, 0.2) is 0 Å². The molecule has 5 heteroatoms. The van der Waals surface area contributed by atoms with E-state index in [4.69, 9.17) is 0 Å². The Bertz CT molecular complexity index is 538. The molecule has 0 fully saturated rings. The van der Waals surface area contributed by atoms with Crippen LogP contribution in [0.5, 0.6) is 0 Å². The predicted molar refractivity (Wildman–Crippen MR) is 84.8 cm³/mol. The summed E-state index contributed by atoms with van der Waals surface area (Å²) in [6.45, 7) is 4.18. The Morgan fingerprint density at radius 2 is 2.25 bits per heavy atom. The maximum absolute atomic E-state index is 4.34. The van der Waals surface area contributed by atoms with E-state index in [1.54, 1.807) is 6.33 Å². The lowest BCUT2D eigenvalue weighted by atomic mass is 9.95. The Kier molecular flexibility index (Phi) is 5.73. The Morgan fingerprint density at radius 3 is 2.90 bits per heavy atom. The van der Waals surface area contributed by atoms with Crippen molar-refractivity contribution in [2.24, 2.45) is 7.05 Å². The standard InChI is InChI=1S/C15H21BrN4/c1-3-7-17-10-13(9-15-18-11-19-20(15)2)12-5-4-6-14(16)8-12/h4-6,8,11,13,17H,3,7,9-10H2,1-2H3. The summed E-state index contributed by atoms with van der Waals surface area (Å²) < 4.78 is 2.97. The van der Waals surface area contributed by atoms with Gasteiger partial charge in [-0.25, -0.2) is 4.98 Å². The molecule has 0 saturated carbocycles. The first-order chi connectivity index (χ1) is 9.70. The fourth-order valence-electron chi connectivity index (χ4n) is 2.25. The second-order valence-corrected chi connectivity index (χ2v) is 5.88. The molecule has 1 N–H and O–H groups in total. The van der Waals surface area contributed by atoms with Crippen molar-refractivity contribution in [1.29, 1.82) is 0 Å². The number of nitrogens with zero attached hydrogens (tertiary/aromatic N) is 3. The van der Waals surface area contributed by atoms with Gasteiger partial charge in [-0.05, 0) is 30.7 Å². The molecule has 2 aromatic rings. The first-order valence-corrected chi connectivity index (χ1v) is 7.79. The molecular formula is C15H21BrN4. The molecule has 0 saturated heterocycles. The summed E-state index contributed by atoms with van der Waals surface area (Å²) in [5.74, 6) is 1.43. The van der Waals surface area contributed by atoms with Crippen LogP contribution < -0.4 is 5.32 Å². The Morgan fingerprint density at radius 1 is 1.40 bits per heavy atom. The van der Waals surface area contributed by atoms with Crippen LogP contribution in [0.25, 0.3) is 0 Å². The van der Waals surface area contributed by atoms with Gasteiger partial charge in [0.25, 0.3) is 0 Å². The summed E-state index contributed by atoms with van der Waals surface area (Å²) in [5, 5.41) is 7.67. The Balaban J connectivity index is 2.13. The molecule has 0 aliphatic heterocycles. The van der Waals surface area contributed by atoms with Crippen LogP contribution in [0.4, 0.5) is 0 Å². The van der Waals surface area contributed by atoms with Gasteiger partial charge in [0.2, 0.25) is 0 Å². The zero-order valence-electron chi connectivity index (χ0n) is 12.0. The highest BCUT2D eigenvalue weighted by Gasteiger charge is 2.15. The van der Waals surface area contributed by atoms with E-state index in [9.17, 15) is 0 Å². The van der Waals surface area contributed by atoms with Crippen LogP contribution in [0.2, 0.25) is 0 Å². The highest BCUT2D eigenvalue weighted by molar-refractivity contribution is 9.10. The lowest BCUT2D eigenvalue weighted by molar-refractivity contribution is 0.551. The van der Waals surface area contributed by atoms with Crippen LogP contribution in [-0.4, -0.2) is 27.9 Å². The molecule has 108 valence electrons. The maximum Gasteiger partial charge on any atom is 0.138 e. The van der Waals surface area contributed by atoms with Gasteiger partial charge in [0.1, 0.15) is 12.2 Å². The molecule has 0 amide bonds. The van der Waals surface area contributed by atoms with E-state index < -0.39 is 0 Å². The van der Waals surface area contributed by atoms with E-state index in [-0.39, 0.29) is 0 Å². The number of rotatable bonds is 7. The molecule has 0 aliphatic rings. The van der Waals surface area contributed by atoms with Crippen LogP contribution in [-0.2, 0) is 13.5 Å². The smallest absolute Gasteiger partial charge is 0.138 e. The lowest BCUT2D eigenvalue weighted by Gasteiger charge is -2.18. The van der Waals surface area contributed by atoms with Gasteiger partial charge in [-0.2, -0.15) is 5.10 Å². The van der Waals surface area contributed by atoms with E-state index in [1.807, 2.05) is 11.7 Å². The van der Waals surface area contributed by atoms with E-state index in [0.29, 0.717) is 5.92 Å². The fraction of sp³-hybridized carbons (Fsp3) is 0.467. The number of aryl methyl sites for hydroxylation is 1. The average Bonchev–Trinajstić information content (AvgIpc) is 2.83. The first kappa shape index (κ1) is 15.2. The summed E-state index contributed by atoms with van der Waals surface area (Å²) in [4.78, 5) is 4.34. The molecule has 0 bridgehead atoms. The van der Waals surface area contributed by atoms with Gasteiger partial charge in [-0.15, -0.1) is 0 Å². The Hall–Kier alpha value is -1.20. The zero-order valence-corrected chi connectivity index (χ0v) is 13.6. The molecular weight excluding hydrogens is 316 g/mol. The SMILES string of the molecule is CCCNCC(Cc1ncnn1C)c1cccc(Br)c1. The molecule has 0 aliphatic carbocycles. The second-order valence-electron chi connectivity index (χ2n) is 4.96. The summed E-state index contributed by atoms with van der Waals surface area (Å²) >= 11 is 3.55. The van der Waals surface area contributed by atoms with Gasteiger partial charge in [-0.3, -0.25) is 4.68 Å². The molecule has 20 heavy (non-hydrogen) atoms. The van der Waals surface area contributed by atoms with Crippen molar-refractivity contribution in [2.45, 2.75) is 25.7 Å². The highest BCUT2D eigenvalue weighted by atomic mass is 79.9. The van der Waals surface area contributed by atoms with Crippen molar-refractivity contribution in [3.05, 3.63) is 46.5 Å². The van der Waals surface area contributed by atoms with Gasteiger partial charge < -0.3 is 5.32 Å². The Labute approximate surface area is 128 Å². The molecule has 0 spiro atoms. The number of nitrogens with one attached hydrogen (secondary N) is 1. The number of hydrogen-bond donors (Lipinski definition) is 1. The molecule has 4 nitrogen and oxygen atoms in total. The second kappa shape index (κ2) is 7.55. The fourth-order valence-corrected chi connectivity index (χ4v) is 2.66. The van der Waals surface area contributed by atoms with Crippen molar-refractivity contribution in [3.8, 4) is 0 Å². The van der Waals surface area contributed by atoms with E-state index >= 15 is 0 Å². The summed E-state index contributed by atoms with van der Waals surface area (Å²) in [7, 11) is 1.94. The quantitative estimate of drug-likeness (QED) is 0.790. The van der Waals surface area contributed by atoms with Crippen LogP contribution in [0.1, 0.15) is 30.7 Å². The predicted octanol–water partition coefficient (Wildman–Crippen LogP) is 2.90. The van der Waals surface area contributed by atoms with Crippen molar-refractivity contribution < 1.29 is 0 Å². The van der Waals surface area contributed by atoms with Crippen molar-refractivity contribution in [1.82, 2.24) is 20.1 Å². The molecule has 1 unspecified atom stereocenters. The first-order valence-electron chi connectivity index (χ1n) is 6.99. The van der Waals surface area contributed by atoms with E-state index in [1.165, 1.54) is 5.56 Å². The van der Waals surface area contributed by atoms with Crippen LogP contribution in [0.3, 0.4) is 0 Å². The number of halogens is 1. The normalized spacial score (nSPS) is 12.6. The maximum atomic E-state index is 4.34. The lowest BCUT2D eigenvalue weighted by Crippen LogP contribution is -2.24. The number of hydrogen-bond acceptors (Lipinski definition) is 3. The van der Waals surface area contributed by atoms with Gasteiger partial charge in [-0.1, -0.05) is 35.0 Å². The largest absolute Gasteiger partial charge is 0.316 e.